The van der Waals surface area contributed by atoms with Gasteiger partial charge in [0.25, 0.3) is 0 Å². The monoisotopic (exact) mass is 1070 g/mol. The molecule has 4 heterocycles. The molecule has 17 nitrogen and oxygen atoms in total. The van der Waals surface area contributed by atoms with Crippen LogP contribution in [-0.2, 0) is 36.8 Å². The Morgan fingerprint density at radius 3 is 1.37 bits per heavy atom. The summed E-state index contributed by atoms with van der Waals surface area (Å²) in [5, 5.41) is 9.86. The smallest absolute Gasteiger partial charge is 0.170 e. The number of benzene rings is 4. The van der Waals surface area contributed by atoms with Gasteiger partial charge in [0.05, 0.1) is 76.1 Å². The van der Waals surface area contributed by atoms with Crippen LogP contribution in [0.4, 0.5) is 23.0 Å². The molecule has 8 rings (SSSR count). The first-order valence-corrected chi connectivity index (χ1v) is 26.5. The molecule has 2 fully saturated rings. The predicted octanol–water partition coefficient (Wildman–Crippen LogP) is 11.4. The van der Waals surface area contributed by atoms with Gasteiger partial charge in [-0.1, -0.05) is 35.3 Å². The van der Waals surface area contributed by atoms with Crippen LogP contribution in [0.5, 0.6) is 23.0 Å². The fourth-order valence-corrected chi connectivity index (χ4v) is 9.84. The fraction of sp³-hybridized carbons (Fsp3) is 0.500. The molecular weight excluding hydrogens is 1000 g/mol. The molecule has 404 valence electrons. The Hall–Kier alpha value is -5.34. The Bertz CT molecular complexity index is 2640. The second-order valence-electron chi connectivity index (χ2n) is 20.3. The molecule has 19 heteroatoms. The maximum Gasteiger partial charge on any atom is 0.170 e. The number of nitrogens with zero attached hydrogens (tertiary/aromatic N) is 6. The molecule has 2 saturated heterocycles. The van der Waals surface area contributed by atoms with Crippen LogP contribution < -0.4 is 29.6 Å². The first-order valence-electron chi connectivity index (χ1n) is 25.7. The SMILES string of the molecule is COc1cc2ncnc(Nc3cc(Cl)ccc3CN(C)CC3OCCO3)c2cc1OCCCCC(C)(C)OC(C)(C)CCCCOc1cc2c(Nc3cc(Cl)ccc3CN(C)CC3OCCO3)ncnc2cc1OC. The van der Waals surface area contributed by atoms with Crippen LogP contribution in [-0.4, -0.2) is 135 Å². The summed E-state index contributed by atoms with van der Waals surface area (Å²) in [5.74, 6) is 3.69. The minimum Gasteiger partial charge on any atom is -0.493 e. The molecule has 0 aliphatic carbocycles. The first kappa shape index (κ1) is 55.9. The molecule has 6 aromatic rings. The van der Waals surface area contributed by atoms with E-state index in [0.29, 0.717) is 110 Å². The van der Waals surface area contributed by atoms with Gasteiger partial charge in [-0.15, -0.1) is 0 Å². The Labute approximate surface area is 450 Å². The topological polar surface area (TPSA) is 165 Å². The Kier molecular flexibility index (Phi) is 19.5. The summed E-state index contributed by atoms with van der Waals surface area (Å²) >= 11 is 13.0. The number of rotatable bonds is 28. The van der Waals surface area contributed by atoms with Crippen molar-refractivity contribution < 1.29 is 42.6 Å². The van der Waals surface area contributed by atoms with Crippen LogP contribution in [0.15, 0.2) is 73.3 Å². The van der Waals surface area contributed by atoms with Gasteiger partial charge in [0.2, 0.25) is 0 Å². The van der Waals surface area contributed by atoms with E-state index in [2.05, 4.69) is 68.1 Å². The lowest BCUT2D eigenvalue weighted by Gasteiger charge is -2.36. The van der Waals surface area contributed by atoms with Crippen LogP contribution >= 0.6 is 23.2 Å². The van der Waals surface area contributed by atoms with Crippen molar-refractivity contribution in [1.82, 2.24) is 29.7 Å². The van der Waals surface area contributed by atoms with Gasteiger partial charge in [0.15, 0.2) is 35.6 Å². The zero-order valence-electron chi connectivity index (χ0n) is 44.5. The van der Waals surface area contributed by atoms with Crippen molar-refractivity contribution in [3.8, 4) is 23.0 Å². The molecule has 2 aromatic heterocycles. The van der Waals surface area contributed by atoms with Crippen molar-refractivity contribution in [2.45, 2.75) is 103 Å². The minimum absolute atomic E-state index is 0.236. The molecule has 0 radical (unpaired) electrons. The quantitative estimate of drug-likeness (QED) is 0.0445. The molecule has 0 unspecified atom stereocenters. The van der Waals surface area contributed by atoms with Crippen molar-refractivity contribution >= 4 is 68.0 Å². The highest BCUT2D eigenvalue weighted by molar-refractivity contribution is 6.31. The standard InChI is InChI=1S/C56H72Cl2N8O9/c1-55(2,17-9-11-19-69-49-27-41-45(29-47(49)67-7)59-35-61-53(41)63-43-25-39(57)15-13-37(43)31-65(5)33-51-71-21-22-72-51)75-56(3,4)18-10-12-20-70-50-28-42-46(30-48(50)68-8)60-36-62-54(42)64-44-26-40(58)16-14-38(44)32-66(6)34-52-73-23-24-74-52/h13-16,25-30,35-36,51-52H,9-12,17-24,31-34H2,1-8H3,(H,59,61,63)(H,60,62,64). The summed E-state index contributed by atoms with van der Waals surface area (Å²) in [4.78, 5) is 22.7. The summed E-state index contributed by atoms with van der Waals surface area (Å²) < 4.78 is 53.7. The Balaban J connectivity index is 0.805. The number of anilines is 4. The van der Waals surface area contributed by atoms with Crippen molar-refractivity contribution in [2.24, 2.45) is 0 Å². The van der Waals surface area contributed by atoms with E-state index in [1.54, 1.807) is 14.2 Å². The first-order chi connectivity index (χ1) is 36.1. The molecule has 2 aliphatic heterocycles. The van der Waals surface area contributed by atoms with Crippen LogP contribution in [0.3, 0.4) is 0 Å². The molecule has 0 atom stereocenters. The highest BCUT2D eigenvalue weighted by Crippen LogP contribution is 2.38. The number of unbranched alkanes of at least 4 members (excludes halogenated alkanes) is 2. The molecule has 2 aliphatic rings. The molecular formula is C56H72Cl2N8O9. The van der Waals surface area contributed by atoms with Gasteiger partial charge >= 0.3 is 0 Å². The van der Waals surface area contributed by atoms with E-state index in [1.165, 1.54) is 12.7 Å². The van der Waals surface area contributed by atoms with Crippen LogP contribution in [0.2, 0.25) is 10.0 Å². The van der Waals surface area contributed by atoms with Crippen LogP contribution in [0.25, 0.3) is 21.8 Å². The predicted molar refractivity (Wildman–Crippen MR) is 294 cm³/mol. The molecule has 2 N–H and O–H groups in total. The largest absolute Gasteiger partial charge is 0.493 e. The summed E-state index contributed by atoms with van der Waals surface area (Å²) in [6.45, 7) is 14.7. The molecule has 0 amide bonds. The van der Waals surface area contributed by atoms with Gasteiger partial charge in [-0.3, -0.25) is 9.80 Å². The maximum atomic E-state index is 6.77. The average Bonchev–Trinajstić information content (AvgIpc) is 4.10. The van der Waals surface area contributed by atoms with Gasteiger partial charge < -0.3 is 53.3 Å². The highest BCUT2D eigenvalue weighted by Gasteiger charge is 2.29. The summed E-state index contributed by atoms with van der Waals surface area (Å²) in [5.41, 5.74) is 4.51. The Morgan fingerprint density at radius 1 is 0.560 bits per heavy atom. The summed E-state index contributed by atoms with van der Waals surface area (Å²) in [6.07, 6.45) is 7.80. The molecule has 4 aromatic carbocycles. The minimum atomic E-state index is -0.349. The van der Waals surface area contributed by atoms with Crippen molar-refractivity contribution in [3.63, 3.8) is 0 Å². The third-order valence-corrected chi connectivity index (χ3v) is 13.6. The van der Waals surface area contributed by atoms with Crippen molar-refractivity contribution in [2.75, 3.05) is 91.7 Å². The van der Waals surface area contributed by atoms with E-state index in [1.807, 2.05) is 74.8 Å². The lowest BCUT2D eigenvalue weighted by molar-refractivity contribution is -0.130. The number of methoxy groups -OCH3 is 2. The van der Waals surface area contributed by atoms with Crippen LogP contribution in [0.1, 0.15) is 77.3 Å². The normalized spacial score (nSPS) is 14.7. The van der Waals surface area contributed by atoms with Gasteiger partial charge in [0, 0.05) is 70.5 Å². The van der Waals surface area contributed by atoms with Gasteiger partial charge in [-0.05, 0) is 128 Å². The maximum absolute atomic E-state index is 6.77. The third-order valence-electron chi connectivity index (χ3n) is 13.1. The van der Waals surface area contributed by atoms with Gasteiger partial charge in [-0.2, -0.15) is 0 Å². The number of likely N-dealkylation sites (N-methyl/N-ethyl adjacent to an activating group) is 2. The van der Waals surface area contributed by atoms with E-state index in [-0.39, 0.29) is 23.8 Å². The van der Waals surface area contributed by atoms with Gasteiger partial charge in [0.1, 0.15) is 24.3 Å². The molecule has 0 bridgehead atoms. The zero-order chi connectivity index (χ0) is 53.0. The number of aromatic nitrogens is 4. The lowest BCUT2D eigenvalue weighted by atomic mass is 9.96. The van der Waals surface area contributed by atoms with Crippen molar-refractivity contribution in [1.29, 1.82) is 0 Å². The summed E-state index contributed by atoms with van der Waals surface area (Å²) in [6, 6.07) is 19.3. The van der Waals surface area contributed by atoms with Gasteiger partial charge in [-0.25, -0.2) is 19.9 Å². The van der Waals surface area contributed by atoms with Crippen molar-refractivity contribution in [3.05, 3.63) is 94.5 Å². The number of hydrogen-bond donors (Lipinski definition) is 2. The van der Waals surface area contributed by atoms with E-state index in [0.717, 1.165) is 82.8 Å². The molecule has 0 spiro atoms. The average molecular weight is 1070 g/mol. The van der Waals surface area contributed by atoms with E-state index in [9.17, 15) is 0 Å². The molecule has 0 saturated carbocycles. The van der Waals surface area contributed by atoms with E-state index >= 15 is 0 Å². The van der Waals surface area contributed by atoms with E-state index in [4.69, 9.17) is 65.8 Å². The number of halogens is 2. The highest BCUT2D eigenvalue weighted by atomic mass is 35.5. The fourth-order valence-electron chi connectivity index (χ4n) is 9.50. The van der Waals surface area contributed by atoms with E-state index < -0.39 is 0 Å². The molecule has 75 heavy (non-hydrogen) atoms. The summed E-state index contributed by atoms with van der Waals surface area (Å²) in [7, 11) is 7.34. The Morgan fingerprint density at radius 2 is 0.973 bits per heavy atom. The second-order valence-corrected chi connectivity index (χ2v) is 21.2. The number of ether oxygens (including phenoxy) is 9. The van der Waals surface area contributed by atoms with Crippen LogP contribution in [0, 0.1) is 0 Å². The lowest BCUT2D eigenvalue weighted by Crippen LogP contribution is -2.37. The second kappa shape index (κ2) is 26.1. The number of fused-ring (bicyclic) bond motifs is 2. The zero-order valence-corrected chi connectivity index (χ0v) is 46.0. The third kappa shape index (κ3) is 15.9. The number of hydrogen-bond acceptors (Lipinski definition) is 17. The number of nitrogens with one attached hydrogen (secondary N) is 2.